The highest BCUT2D eigenvalue weighted by atomic mass is 16.5. The van der Waals surface area contributed by atoms with Crippen LogP contribution in [-0.2, 0) is 5.60 Å². The van der Waals surface area contributed by atoms with E-state index in [0.29, 0.717) is 17.2 Å². The predicted molar refractivity (Wildman–Crippen MR) is 145 cm³/mol. The van der Waals surface area contributed by atoms with Gasteiger partial charge in [-0.15, -0.1) is 0 Å². The fraction of sp³-hybridized carbons (Fsp3) is 0.226. The summed E-state index contributed by atoms with van der Waals surface area (Å²) in [6.45, 7) is 2.08. The Labute approximate surface area is 216 Å². The van der Waals surface area contributed by atoms with Gasteiger partial charge in [-0.1, -0.05) is 24.3 Å². The van der Waals surface area contributed by atoms with Crippen molar-refractivity contribution in [3.63, 3.8) is 0 Å². The lowest BCUT2D eigenvalue weighted by Gasteiger charge is -2.37. The molecule has 0 spiro atoms. The standard InChI is InChI=1S/C31H30O6/c1-19-15-25-26(17-23(33-3)18-28(25)35-5)30-24(19)13-14-31(37-30,20-7-10-22(32-2)11-8-20)21-9-12-27(34-4)29(16-21)36-6/h7-18H,1-6H3. The Morgan fingerprint density at radius 2 is 1.27 bits per heavy atom. The van der Waals surface area contributed by atoms with Crippen molar-refractivity contribution in [2.24, 2.45) is 0 Å². The lowest BCUT2D eigenvalue weighted by Crippen LogP contribution is -2.34. The molecule has 0 aromatic heterocycles. The third kappa shape index (κ3) is 3.99. The van der Waals surface area contributed by atoms with Crippen LogP contribution in [0.15, 0.2) is 66.7 Å². The van der Waals surface area contributed by atoms with Gasteiger partial charge >= 0.3 is 0 Å². The third-order valence-corrected chi connectivity index (χ3v) is 6.93. The Balaban J connectivity index is 1.80. The summed E-state index contributed by atoms with van der Waals surface area (Å²) in [4.78, 5) is 0. The van der Waals surface area contributed by atoms with Gasteiger partial charge in [-0.25, -0.2) is 0 Å². The van der Waals surface area contributed by atoms with E-state index >= 15 is 0 Å². The molecular formula is C31H30O6. The largest absolute Gasteiger partial charge is 0.497 e. The molecule has 0 amide bonds. The van der Waals surface area contributed by atoms with Crippen molar-refractivity contribution in [2.45, 2.75) is 12.5 Å². The first-order valence-corrected chi connectivity index (χ1v) is 11.9. The van der Waals surface area contributed by atoms with E-state index in [9.17, 15) is 0 Å². The predicted octanol–water partition coefficient (Wildman–Crippen LogP) is 6.54. The van der Waals surface area contributed by atoms with E-state index in [1.807, 2.05) is 54.6 Å². The second kappa shape index (κ2) is 9.62. The second-order valence-corrected chi connectivity index (χ2v) is 8.83. The molecule has 0 N–H and O–H groups in total. The van der Waals surface area contributed by atoms with E-state index in [0.717, 1.165) is 50.3 Å². The first kappa shape index (κ1) is 24.4. The lowest BCUT2D eigenvalue weighted by atomic mass is 9.82. The number of hydrogen-bond acceptors (Lipinski definition) is 6. The van der Waals surface area contributed by atoms with Crippen LogP contribution in [0.1, 0.15) is 22.3 Å². The molecule has 37 heavy (non-hydrogen) atoms. The van der Waals surface area contributed by atoms with Crippen LogP contribution < -0.4 is 28.4 Å². The van der Waals surface area contributed by atoms with Crippen molar-refractivity contribution in [2.75, 3.05) is 35.5 Å². The summed E-state index contributed by atoms with van der Waals surface area (Å²) in [6, 6.07) is 19.8. The molecule has 1 unspecified atom stereocenters. The van der Waals surface area contributed by atoms with Crippen LogP contribution in [0.3, 0.4) is 0 Å². The van der Waals surface area contributed by atoms with Crippen molar-refractivity contribution in [3.8, 4) is 34.5 Å². The summed E-state index contributed by atoms with van der Waals surface area (Å²) < 4.78 is 35.0. The third-order valence-electron chi connectivity index (χ3n) is 6.93. The van der Waals surface area contributed by atoms with E-state index in [4.69, 9.17) is 28.4 Å². The van der Waals surface area contributed by atoms with Gasteiger partial charge in [0.2, 0.25) is 0 Å². The van der Waals surface area contributed by atoms with Crippen molar-refractivity contribution in [3.05, 3.63) is 89.0 Å². The van der Waals surface area contributed by atoms with Crippen LogP contribution in [0.4, 0.5) is 0 Å². The van der Waals surface area contributed by atoms with Crippen LogP contribution in [0, 0.1) is 6.92 Å². The van der Waals surface area contributed by atoms with Gasteiger partial charge in [-0.3, -0.25) is 0 Å². The van der Waals surface area contributed by atoms with Crippen LogP contribution >= 0.6 is 0 Å². The molecule has 0 radical (unpaired) electrons. The number of ether oxygens (including phenoxy) is 6. The maximum Gasteiger partial charge on any atom is 0.178 e. The SMILES string of the molecule is COc1ccc(C2(c3ccc(OC)c(OC)c3)C=Cc3c(C)cc4c(OC)cc(OC)cc4c3O2)cc1. The number of methoxy groups -OCH3 is 5. The summed E-state index contributed by atoms with van der Waals surface area (Å²) >= 11 is 0. The van der Waals surface area contributed by atoms with Crippen molar-refractivity contribution in [1.82, 2.24) is 0 Å². The molecule has 1 aliphatic rings. The molecule has 0 bridgehead atoms. The summed E-state index contributed by atoms with van der Waals surface area (Å²) in [5.74, 6) is 4.19. The highest BCUT2D eigenvalue weighted by Crippen LogP contribution is 2.49. The van der Waals surface area contributed by atoms with Gasteiger partial charge in [0.25, 0.3) is 0 Å². The summed E-state index contributed by atoms with van der Waals surface area (Å²) in [6.07, 6.45) is 4.22. The molecule has 0 saturated carbocycles. The highest BCUT2D eigenvalue weighted by Gasteiger charge is 2.39. The van der Waals surface area contributed by atoms with E-state index in [1.165, 1.54) is 0 Å². The number of aryl methyl sites for hydroxylation is 1. The quantitative estimate of drug-likeness (QED) is 0.288. The molecule has 190 valence electrons. The summed E-state index contributed by atoms with van der Waals surface area (Å²) in [5, 5.41) is 1.85. The van der Waals surface area contributed by atoms with Gasteiger partial charge in [-0.05, 0) is 55.0 Å². The smallest absolute Gasteiger partial charge is 0.178 e. The molecule has 1 heterocycles. The van der Waals surface area contributed by atoms with E-state index in [2.05, 4.69) is 25.1 Å². The highest BCUT2D eigenvalue weighted by molar-refractivity contribution is 5.98. The normalized spacial score (nSPS) is 16.1. The van der Waals surface area contributed by atoms with Gasteiger partial charge in [0.15, 0.2) is 17.1 Å². The van der Waals surface area contributed by atoms with E-state index in [-0.39, 0.29) is 0 Å². The molecule has 0 aliphatic carbocycles. The first-order valence-electron chi connectivity index (χ1n) is 11.9. The Kier molecular flexibility index (Phi) is 6.34. The molecule has 1 atom stereocenters. The zero-order chi connectivity index (χ0) is 26.2. The zero-order valence-electron chi connectivity index (χ0n) is 21.9. The van der Waals surface area contributed by atoms with Crippen LogP contribution in [0.25, 0.3) is 16.8 Å². The average molecular weight is 499 g/mol. The van der Waals surface area contributed by atoms with Gasteiger partial charge in [-0.2, -0.15) is 0 Å². The summed E-state index contributed by atoms with van der Waals surface area (Å²) in [5.41, 5.74) is 2.97. The minimum atomic E-state index is -0.949. The van der Waals surface area contributed by atoms with Gasteiger partial charge in [0, 0.05) is 33.5 Å². The topological polar surface area (TPSA) is 55.4 Å². The maximum absolute atomic E-state index is 7.10. The maximum atomic E-state index is 7.10. The second-order valence-electron chi connectivity index (χ2n) is 8.83. The van der Waals surface area contributed by atoms with Crippen LogP contribution in [0.5, 0.6) is 34.5 Å². The Hall–Kier alpha value is -4.32. The number of benzene rings is 4. The van der Waals surface area contributed by atoms with Crippen LogP contribution in [-0.4, -0.2) is 35.5 Å². The average Bonchev–Trinajstić information content (AvgIpc) is 2.96. The minimum absolute atomic E-state index is 0.619. The Morgan fingerprint density at radius 3 is 1.92 bits per heavy atom. The van der Waals surface area contributed by atoms with E-state index < -0.39 is 5.60 Å². The molecule has 6 nitrogen and oxygen atoms in total. The fourth-order valence-corrected chi connectivity index (χ4v) is 4.94. The minimum Gasteiger partial charge on any atom is -0.497 e. The molecule has 6 heteroatoms. The fourth-order valence-electron chi connectivity index (χ4n) is 4.94. The monoisotopic (exact) mass is 498 g/mol. The Bertz CT molecular complexity index is 1490. The Morgan fingerprint density at radius 1 is 0.595 bits per heavy atom. The molecule has 0 fully saturated rings. The van der Waals surface area contributed by atoms with Crippen molar-refractivity contribution >= 4 is 16.8 Å². The van der Waals surface area contributed by atoms with Gasteiger partial charge in [0.1, 0.15) is 23.0 Å². The van der Waals surface area contributed by atoms with Crippen LogP contribution in [0.2, 0.25) is 0 Å². The number of fused-ring (bicyclic) bond motifs is 3. The number of rotatable bonds is 7. The summed E-state index contributed by atoms with van der Waals surface area (Å²) in [7, 11) is 8.22. The molecule has 1 aliphatic heterocycles. The van der Waals surface area contributed by atoms with Crippen molar-refractivity contribution in [1.29, 1.82) is 0 Å². The molecule has 4 aromatic rings. The van der Waals surface area contributed by atoms with Gasteiger partial charge in [0.05, 0.1) is 35.5 Å². The van der Waals surface area contributed by atoms with Crippen molar-refractivity contribution < 1.29 is 28.4 Å². The first-order chi connectivity index (χ1) is 18.0. The number of hydrogen-bond donors (Lipinski definition) is 0. The molecule has 5 rings (SSSR count). The van der Waals surface area contributed by atoms with E-state index in [1.54, 1.807) is 35.5 Å². The molecular weight excluding hydrogens is 468 g/mol. The lowest BCUT2D eigenvalue weighted by molar-refractivity contribution is 0.163. The molecule has 0 saturated heterocycles. The zero-order valence-corrected chi connectivity index (χ0v) is 21.9. The van der Waals surface area contributed by atoms with Gasteiger partial charge < -0.3 is 28.4 Å². The molecule has 4 aromatic carbocycles.